The van der Waals surface area contributed by atoms with E-state index in [-0.39, 0.29) is 29.9 Å². The van der Waals surface area contributed by atoms with Crippen LogP contribution in [-0.4, -0.2) is 61.9 Å². The summed E-state index contributed by atoms with van der Waals surface area (Å²) in [6, 6.07) is -0.228. The van der Waals surface area contributed by atoms with Crippen LogP contribution in [0.4, 0.5) is 4.79 Å². The number of ether oxygens (including phenoxy) is 4. The van der Waals surface area contributed by atoms with Crippen LogP contribution >= 0.6 is 0 Å². The second-order valence-electron chi connectivity index (χ2n) is 11.4. The standard InChI is InChI=1S/C29H46N2O6/c1-6-7-16-30-27(33)36-22(3)10-12-25(32)31-23-18-34-26(35-19-23)13-9-21(2)8-11-24-17-29(14-15-29)20-28(4,5)37-24/h8-12,22-24,26H,6-7,13-20H2,1-5H3,(H,30,33)(H,31,32)/b11-8+,12-10-,21-9+/t22-,23?,24+,26?/m0/s1. The molecule has 2 N–H and O–H groups in total. The molecule has 0 radical (unpaired) electrons. The lowest BCUT2D eigenvalue weighted by Crippen LogP contribution is -2.46. The van der Waals surface area contributed by atoms with Crippen LogP contribution in [0.25, 0.3) is 0 Å². The number of nitrogens with one attached hydrogen (secondary N) is 2. The van der Waals surface area contributed by atoms with Crippen molar-refractivity contribution < 1.29 is 28.5 Å². The van der Waals surface area contributed by atoms with E-state index in [2.05, 4.69) is 49.6 Å². The topological polar surface area (TPSA) is 95.1 Å². The maximum absolute atomic E-state index is 12.2. The summed E-state index contributed by atoms with van der Waals surface area (Å²) >= 11 is 0. The number of unbranched alkanes of at least 4 members (excludes halogenated alkanes) is 1. The third-order valence-corrected chi connectivity index (χ3v) is 6.99. The highest BCUT2D eigenvalue weighted by atomic mass is 16.7. The Balaban J connectivity index is 1.32. The zero-order chi connectivity index (χ0) is 26.9. The van der Waals surface area contributed by atoms with E-state index in [4.69, 9.17) is 18.9 Å². The fourth-order valence-corrected chi connectivity index (χ4v) is 5.02. The Bertz CT molecular complexity index is 846. The lowest BCUT2D eigenvalue weighted by Gasteiger charge is -2.40. The number of rotatable bonds is 11. The Morgan fingerprint density at radius 2 is 1.89 bits per heavy atom. The molecule has 8 nitrogen and oxygen atoms in total. The van der Waals surface area contributed by atoms with Crippen LogP contribution in [0.1, 0.15) is 79.6 Å². The molecule has 0 bridgehead atoms. The monoisotopic (exact) mass is 518 g/mol. The Labute approximate surface area is 222 Å². The van der Waals surface area contributed by atoms with Gasteiger partial charge in [-0.15, -0.1) is 0 Å². The second-order valence-corrected chi connectivity index (χ2v) is 11.4. The van der Waals surface area contributed by atoms with Gasteiger partial charge in [0.15, 0.2) is 6.29 Å². The molecule has 2 saturated heterocycles. The predicted molar refractivity (Wildman–Crippen MR) is 143 cm³/mol. The summed E-state index contributed by atoms with van der Waals surface area (Å²) in [5.74, 6) is -0.278. The van der Waals surface area contributed by atoms with Crippen LogP contribution in [0.3, 0.4) is 0 Å². The molecule has 0 unspecified atom stereocenters. The maximum Gasteiger partial charge on any atom is 0.407 e. The molecule has 1 saturated carbocycles. The van der Waals surface area contributed by atoms with Crippen molar-refractivity contribution in [2.75, 3.05) is 19.8 Å². The van der Waals surface area contributed by atoms with E-state index in [9.17, 15) is 9.59 Å². The molecule has 3 fully saturated rings. The summed E-state index contributed by atoms with van der Waals surface area (Å²) in [5, 5.41) is 5.53. The number of hydrogen-bond acceptors (Lipinski definition) is 6. The highest BCUT2D eigenvalue weighted by Crippen LogP contribution is 2.58. The van der Waals surface area contributed by atoms with Gasteiger partial charge in [0.25, 0.3) is 0 Å². The van der Waals surface area contributed by atoms with Gasteiger partial charge >= 0.3 is 6.09 Å². The third-order valence-electron chi connectivity index (χ3n) is 6.99. The Morgan fingerprint density at radius 3 is 2.57 bits per heavy atom. The van der Waals surface area contributed by atoms with Crippen molar-refractivity contribution in [1.82, 2.24) is 10.6 Å². The highest BCUT2D eigenvalue weighted by Gasteiger charge is 2.51. The van der Waals surface area contributed by atoms with Crippen molar-refractivity contribution in [1.29, 1.82) is 0 Å². The van der Waals surface area contributed by atoms with Gasteiger partial charge in [0, 0.05) is 19.0 Å². The molecular formula is C29H46N2O6. The zero-order valence-corrected chi connectivity index (χ0v) is 23.2. The number of alkyl carbamates (subject to hydrolysis) is 1. The van der Waals surface area contributed by atoms with E-state index >= 15 is 0 Å². The van der Waals surface area contributed by atoms with Gasteiger partial charge in [-0.1, -0.05) is 37.1 Å². The summed E-state index contributed by atoms with van der Waals surface area (Å²) < 4.78 is 23.0. The van der Waals surface area contributed by atoms with Crippen LogP contribution < -0.4 is 10.6 Å². The lowest BCUT2D eigenvalue weighted by molar-refractivity contribution is -0.187. The minimum atomic E-state index is -0.509. The maximum atomic E-state index is 12.2. The Morgan fingerprint density at radius 1 is 1.16 bits per heavy atom. The van der Waals surface area contributed by atoms with Crippen molar-refractivity contribution in [3.05, 3.63) is 36.0 Å². The van der Waals surface area contributed by atoms with Gasteiger partial charge < -0.3 is 29.6 Å². The molecule has 1 spiro atoms. The van der Waals surface area contributed by atoms with Gasteiger partial charge in [0.2, 0.25) is 5.91 Å². The van der Waals surface area contributed by atoms with Gasteiger partial charge in [0.1, 0.15) is 6.10 Å². The van der Waals surface area contributed by atoms with Crippen molar-refractivity contribution in [3.63, 3.8) is 0 Å². The molecule has 3 aliphatic rings. The first-order valence-electron chi connectivity index (χ1n) is 13.8. The SMILES string of the molecule is CCCCNC(=O)O[C@@H](C)/C=C\C(=O)NC1COC(C/C=C(C)/C=C/[C@@H]2CC3(CC3)CC(C)(C)O2)OC1. The summed E-state index contributed by atoms with van der Waals surface area (Å²) in [6.45, 7) is 11.6. The van der Waals surface area contributed by atoms with Crippen molar-refractivity contribution >= 4 is 12.0 Å². The fraction of sp³-hybridized carbons (Fsp3) is 0.724. The van der Waals surface area contributed by atoms with E-state index in [0.29, 0.717) is 31.6 Å². The van der Waals surface area contributed by atoms with E-state index in [1.807, 2.05) is 6.92 Å². The van der Waals surface area contributed by atoms with Gasteiger partial charge in [-0.2, -0.15) is 0 Å². The largest absolute Gasteiger partial charge is 0.442 e. The van der Waals surface area contributed by atoms with E-state index in [0.717, 1.165) is 24.8 Å². The minimum Gasteiger partial charge on any atom is -0.442 e. The third kappa shape index (κ3) is 10.6. The first-order valence-corrected chi connectivity index (χ1v) is 13.8. The number of allylic oxidation sites excluding steroid dienone is 2. The fourth-order valence-electron chi connectivity index (χ4n) is 5.02. The quantitative estimate of drug-likeness (QED) is 0.228. The molecule has 0 aromatic carbocycles. The average Bonchev–Trinajstić information content (AvgIpc) is 3.57. The summed E-state index contributed by atoms with van der Waals surface area (Å²) in [7, 11) is 0. The predicted octanol–water partition coefficient (Wildman–Crippen LogP) is 4.95. The van der Waals surface area contributed by atoms with Crippen molar-refractivity contribution in [3.8, 4) is 0 Å². The van der Waals surface area contributed by atoms with Crippen LogP contribution in [-0.2, 0) is 23.7 Å². The molecule has 3 rings (SSSR count). The molecule has 2 amide bonds. The van der Waals surface area contributed by atoms with E-state index in [1.165, 1.54) is 25.3 Å². The first-order chi connectivity index (χ1) is 17.6. The van der Waals surface area contributed by atoms with Crippen molar-refractivity contribution in [2.45, 2.75) is 110 Å². The first kappa shape index (κ1) is 29.4. The van der Waals surface area contributed by atoms with E-state index in [1.54, 1.807) is 13.0 Å². The Kier molecular flexibility index (Phi) is 10.8. The number of carbonyl (C=O) groups is 2. The molecule has 2 heterocycles. The molecule has 37 heavy (non-hydrogen) atoms. The van der Waals surface area contributed by atoms with E-state index < -0.39 is 12.2 Å². The molecule has 2 aliphatic heterocycles. The van der Waals surface area contributed by atoms with Gasteiger partial charge in [0.05, 0.1) is 31.0 Å². The molecule has 8 heteroatoms. The van der Waals surface area contributed by atoms with Crippen molar-refractivity contribution in [2.24, 2.45) is 5.41 Å². The second kappa shape index (κ2) is 13.6. The Hall–Kier alpha value is -2.16. The van der Waals surface area contributed by atoms with Crippen LogP contribution in [0, 0.1) is 5.41 Å². The molecular weight excluding hydrogens is 472 g/mol. The summed E-state index contributed by atoms with van der Waals surface area (Å²) in [6.07, 6.45) is 15.7. The minimum absolute atomic E-state index is 0.0522. The molecule has 2 atom stereocenters. The van der Waals surface area contributed by atoms with Crippen LogP contribution in [0.15, 0.2) is 36.0 Å². The smallest absolute Gasteiger partial charge is 0.407 e. The normalized spacial score (nSPS) is 27.8. The molecule has 0 aromatic rings. The summed E-state index contributed by atoms with van der Waals surface area (Å²) in [5.41, 5.74) is 1.61. The number of hydrogen-bond donors (Lipinski definition) is 2. The number of amides is 2. The zero-order valence-electron chi connectivity index (χ0n) is 23.2. The summed E-state index contributed by atoms with van der Waals surface area (Å²) in [4.78, 5) is 23.9. The average molecular weight is 519 g/mol. The lowest BCUT2D eigenvalue weighted by atomic mass is 9.82. The van der Waals surface area contributed by atoms with Crippen LogP contribution in [0.5, 0.6) is 0 Å². The molecule has 1 aliphatic carbocycles. The van der Waals surface area contributed by atoms with Gasteiger partial charge in [-0.25, -0.2) is 4.79 Å². The molecule has 0 aromatic heterocycles. The van der Waals surface area contributed by atoms with Crippen LogP contribution in [0.2, 0.25) is 0 Å². The number of carbonyl (C=O) groups excluding carboxylic acids is 2. The van der Waals surface area contributed by atoms with Gasteiger partial charge in [-0.05, 0) is 71.3 Å². The molecule has 208 valence electrons. The van der Waals surface area contributed by atoms with Gasteiger partial charge in [-0.3, -0.25) is 4.79 Å². The highest BCUT2D eigenvalue weighted by molar-refractivity contribution is 5.87.